The van der Waals surface area contributed by atoms with Crippen molar-refractivity contribution in [2.45, 2.75) is 0 Å². The lowest BCUT2D eigenvalue weighted by atomic mass is 10.3. The molecule has 0 atom stereocenters. The van der Waals surface area contributed by atoms with E-state index in [1.807, 2.05) is 6.07 Å². The SMILES string of the molecule is Oc1cc(Br)cc(I)c1I. The second-order valence-corrected chi connectivity index (χ2v) is 4.88. The number of halogens is 3. The predicted octanol–water partition coefficient (Wildman–Crippen LogP) is 3.36. The van der Waals surface area contributed by atoms with Gasteiger partial charge in [0.15, 0.2) is 0 Å². The molecule has 0 aromatic heterocycles. The smallest absolute Gasteiger partial charge is 0.131 e. The van der Waals surface area contributed by atoms with Crippen LogP contribution in [0.4, 0.5) is 0 Å². The van der Waals surface area contributed by atoms with Crippen molar-refractivity contribution in [3.05, 3.63) is 23.7 Å². The van der Waals surface area contributed by atoms with Gasteiger partial charge in [-0.05, 0) is 57.3 Å². The molecule has 0 unspecified atom stereocenters. The van der Waals surface area contributed by atoms with E-state index in [1.165, 1.54) is 0 Å². The monoisotopic (exact) mass is 424 g/mol. The largest absolute Gasteiger partial charge is 0.507 e. The number of phenols is 1. The summed E-state index contributed by atoms with van der Waals surface area (Å²) in [5.41, 5.74) is 0. The second-order valence-electron chi connectivity index (χ2n) is 1.72. The molecule has 0 aliphatic heterocycles. The van der Waals surface area contributed by atoms with Crippen LogP contribution in [0.25, 0.3) is 0 Å². The molecule has 54 valence electrons. The maximum Gasteiger partial charge on any atom is 0.131 e. The minimum absolute atomic E-state index is 0.333. The summed E-state index contributed by atoms with van der Waals surface area (Å²) in [4.78, 5) is 0. The topological polar surface area (TPSA) is 20.2 Å². The van der Waals surface area contributed by atoms with Gasteiger partial charge in [-0.2, -0.15) is 0 Å². The predicted molar refractivity (Wildman–Crippen MR) is 61.2 cm³/mol. The Bertz CT molecular complexity index is 239. The molecule has 4 heteroatoms. The van der Waals surface area contributed by atoms with E-state index in [0.717, 1.165) is 11.6 Å². The number of hydrogen-bond donors (Lipinski definition) is 1. The van der Waals surface area contributed by atoms with E-state index in [-0.39, 0.29) is 0 Å². The van der Waals surface area contributed by atoms with Gasteiger partial charge in [-0.1, -0.05) is 15.9 Å². The number of rotatable bonds is 0. The average Bonchev–Trinajstić information content (AvgIpc) is 1.82. The lowest BCUT2D eigenvalue weighted by Gasteiger charge is -1.99. The highest BCUT2D eigenvalue weighted by Crippen LogP contribution is 2.28. The molecular weight excluding hydrogens is 422 g/mol. The van der Waals surface area contributed by atoms with Crippen LogP contribution in [0.15, 0.2) is 16.6 Å². The molecule has 0 aliphatic carbocycles. The molecule has 0 heterocycles. The Kier molecular flexibility index (Phi) is 3.23. The van der Waals surface area contributed by atoms with E-state index in [2.05, 4.69) is 61.1 Å². The van der Waals surface area contributed by atoms with Gasteiger partial charge in [-0.25, -0.2) is 0 Å². The Morgan fingerprint density at radius 3 is 2.40 bits per heavy atom. The van der Waals surface area contributed by atoms with Gasteiger partial charge in [0.25, 0.3) is 0 Å². The summed E-state index contributed by atoms with van der Waals surface area (Å²) in [7, 11) is 0. The van der Waals surface area contributed by atoms with Crippen LogP contribution in [0.3, 0.4) is 0 Å². The third kappa shape index (κ3) is 1.97. The highest BCUT2D eigenvalue weighted by Gasteiger charge is 2.02. The molecule has 1 rings (SSSR count). The van der Waals surface area contributed by atoms with Crippen molar-refractivity contribution in [3.63, 3.8) is 0 Å². The maximum absolute atomic E-state index is 9.24. The Hall–Kier alpha value is 0.960. The Morgan fingerprint density at radius 1 is 1.30 bits per heavy atom. The van der Waals surface area contributed by atoms with Crippen LogP contribution in [0.5, 0.6) is 5.75 Å². The fourth-order valence-electron chi connectivity index (χ4n) is 0.542. The molecule has 1 aromatic rings. The van der Waals surface area contributed by atoms with E-state index in [4.69, 9.17) is 0 Å². The van der Waals surface area contributed by atoms with Crippen molar-refractivity contribution < 1.29 is 5.11 Å². The van der Waals surface area contributed by atoms with E-state index >= 15 is 0 Å². The zero-order valence-electron chi connectivity index (χ0n) is 4.74. The standard InChI is InChI=1S/C6H3BrI2O/c7-3-1-4(8)6(9)5(10)2-3/h1-2,10H. The molecule has 0 fully saturated rings. The normalized spacial score (nSPS) is 9.90. The lowest BCUT2D eigenvalue weighted by molar-refractivity contribution is 0.470. The molecule has 0 bridgehead atoms. The van der Waals surface area contributed by atoms with E-state index in [1.54, 1.807) is 6.07 Å². The van der Waals surface area contributed by atoms with E-state index in [0.29, 0.717) is 5.75 Å². The summed E-state index contributed by atoms with van der Waals surface area (Å²) in [5, 5.41) is 9.24. The fourth-order valence-corrected chi connectivity index (χ4v) is 2.34. The first-order valence-corrected chi connectivity index (χ1v) is 5.40. The van der Waals surface area contributed by atoms with Crippen LogP contribution in [0, 0.1) is 7.14 Å². The lowest BCUT2D eigenvalue weighted by Crippen LogP contribution is -1.79. The van der Waals surface area contributed by atoms with Gasteiger partial charge >= 0.3 is 0 Å². The second kappa shape index (κ2) is 3.57. The first-order chi connectivity index (χ1) is 4.61. The number of hydrogen-bond acceptors (Lipinski definition) is 1. The van der Waals surface area contributed by atoms with Gasteiger partial charge in [-0.3, -0.25) is 0 Å². The van der Waals surface area contributed by atoms with Crippen molar-refractivity contribution >= 4 is 61.1 Å². The molecule has 1 aromatic carbocycles. The molecule has 0 aliphatic rings. The molecule has 10 heavy (non-hydrogen) atoms. The molecule has 0 radical (unpaired) electrons. The van der Waals surface area contributed by atoms with Crippen LogP contribution >= 0.6 is 61.1 Å². The zero-order chi connectivity index (χ0) is 7.72. The van der Waals surface area contributed by atoms with Gasteiger partial charge < -0.3 is 5.11 Å². The van der Waals surface area contributed by atoms with Crippen molar-refractivity contribution in [1.82, 2.24) is 0 Å². The summed E-state index contributed by atoms with van der Waals surface area (Å²) < 4.78 is 2.88. The minimum Gasteiger partial charge on any atom is -0.507 e. The van der Waals surface area contributed by atoms with Gasteiger partial charge in [-0.15, -0.1) is 0 Å². The number of aromatic hydroxyl groups is 1. The first kappa shape index (κ1) is 9.05. The van der Waals surface area contributed by atoms with Crippen molar-refractivity contribution in [2.24, 2.45) is 0 Å². The Labute approximate surface area is 94.6 Å². The summed E-state index contributed by atoms with van der Waals surface area (Å²) in [5.74, 6) is 0.333. The number of phenolic OH excluding ortho intramolecular Hbond substituents is 1. The summed E-state index contributed by atoms with van der Waals surface area (Å²) in [6, 6.07) is 3.64. The van der Waals surface area contributed by atoms with Crippen molar-refractivity contribution in [1.29, 1.82) is 0 Å². The third-order valence-electron chi connectivity index (χ3n) is 0.974. The highest BCUT2D eigenvalue weighted by atomic mass is 127. The van der Waals surface area contributed by atoms with E-state index in [9.17, 15) is 5.11 Å². The average molecular weight is 425 g/mol. The molecule has 0 spiro atoms. The van der Waals surface area contributed by atoms with Gasteiger partial charge in [0.05, 0.1) is 3.57 Å². The zero-order valence-corrected chi connectivity index (χ0v) is 10.6. The Morgan fingerprint density at radius 2 is 1.90 bits per heavy atom. The Balaban J connectivity index is 3.31. The van der Waals surface area contributed by atoms with Crippen LogP contribution < -0.4 is 0 Å². The molecule has 0 saturated carbocycles. The molecule has 0 amide bonds. The molecular formula is C6H3BrI2O. The summed E-state index contributed by atoms with van der Waals surface area (Å²) >= 11 is 7.56. The van der Waals surface area contributed by atoms with Crippen LogP contribution in [0.2, 0.25) is 0 Å². The van der Waals surface area contributed by atoms with Crippen LogP contribution in [0.1, 0.15) is 0 Å². The summed E-state index contributed by atoms with van der Waals surface area (Å²) in [6.07, 6.45) is 0. The van der Waals surface area contributed by atoms with Gasteiger partial charge in [0.2, 0.25) is 0 Å². The van der Waals surface area contributed by atoms with E-state index < -0.39 is 0 Å². The number of benzene rings is 1. The molecule has 1 N–H and O–H groups in total. The molecule has 0 saturated heterocycles. The third-order valence-corrected chi connectivity index (χ3v) is 4.45. The highest BCUT2D eigenvalue weighted by molar-refractivity contribution is 14.1. The van der Waals surface area contributed by atoms with Gasteiger partial charge in [0.1, 0.15) is 5.75 Å². The van der Waals surface area contributed by atoms with Crippen molar-refractivity contribution in [2.75, 3.05) is 0 Å². The fraction of sp³-hybridized carbons (Fsp3) is 0. The summed E-state index contributed by atoms with van der Waals surface area (Å²) in [6.45, 7) is 0. The molecule has 1 nitrogen and oxygen atoms in total. The van der Waals surface area contributed by atoms with Crippen LogP contribution in [-0.2, 0) is 0 Å². The van der Waals surface area contributed by atoms with Gasteiger partial charge in [0, 0.05) is 8.04 Å². The maximum atomic E-state index is 9.24. The van der Waals surface area contributed by atoms with Crippen molar-refractivity contribution in [3.8, 4) is 5.75 Å². The quantitative estimate of drug-likeness (QED) is 0.500. The van der Waals surface area contributed by atoms with Crippen LogP contribution in [-0.4, -0.2) is 5.11 Å². The minimum atomic E-state index is 0.333. The first-order valence-electron chi connectivity index (χ1n) is 2.45.